The van der Waals surface area contributed by atoms with Gasteiger partial charge in [-0.3, -0.25) is 4.90 Å². The van der Waals surface area contributed by atoms with Gasteiger partial charge in [0.1, 0.15) is 18.5 Å². The average molecular weight is 279 g/mol. The molecule has 1 fully saturated rings. The fraction of sp³-hybridized carbons (Fsp3) is 0.625. The molecule has 112 valence electrons. The van der Waals surface area contributed by atoms with Crippen molar-refractivity contribution in [1.29, 1.82) is 0 Å². The van der Waals surface area contributed by atoms with Crippen LogP contribution in [0.4, 0.5) is 0 Å². The van der Waals surface area contributed by atoms with Gasteiger partial charge in [0.05, 0.1) is 12.2 Å². The second kappa shape index (κ2) is 7.07. The molecule has 2 rings (SSSR count). The van der Waals surface area contributed by atoms with Gasteiger partial charge in [0.2, 0.25) is 0 Å². The summed E-state index contributed by atoms with van der Waals surface area (Å²) in [6.07, 6.45) is -0.0291. The molecule has 0 radical (unpaired) electrons. The molecule has 0 bridgehead atoms. The maximum absolute atomic E-state index is 10.1. The van der Waals surface area contributed by atoms with Crippen LogP contribution in [0.1, 0.15) is 19.4 Å². The van der Waals surface area contributed by atoms with Gasteiger partial charge >= 0.3 is 0 Å². The summed E-state index contributed by atoms with van der Waals surface area (Å²) >= 11 is 0. The van der Waals surface area contributed by atoms with Crippen LogP contribution in [0.5, 0.6) is 5.75 Å². The zero-order chi connectivity index (χ0) is 14.5. The Morgan fingerprint density at radius 1 is 1.30 bits per heavy atom. The molecule has 4 nitrogen and oxygen atoms in total. The van der Waals surface area contributed by atoms with E-state index in [0.717, 1.165) is 24.4 Å². The quantitative estimate of drug-likeness (QED) is 0.893. The average Bonchev–Trinajstić information content (AvgIpc) is 2.36. The van der Waals surface area contributed by atoms with Crippen molar-refractivity contribution in [1.82, 2.24) is 4.90 Å². The van der Waals surface area contributed by atoms with Crippen molar-refractivity contribution in [2.75, 3.05) is 26.2 Å². The van der Waals surface area contributed by atoms with E-state index in [1.165, 1.54) is 0 Å². The second-order valence-electron chi connectivity index (χ2n) is 5.71. The highest BCUT2D eigenvalue weighted by Crippen LogP contribution is 2.17. The number of rotatable bonds is 5. The van der Waals surface area contributed by atoms with Crippen molar-refractivity contribution in [2.24, 2.45) is 0 Å². The number of morpholine rings is 1. The highest BCUT2D eigenvalue weighted by molar-refractivity contribution is 5.31. The van der Waals surface area contributed by atoms with E-state index in [9.17, 15) is 5.11 Å². The Morgan fingerprint density at radius 2 is 1.95 bits per heavy atom. The van der Waals surface area contributed by atoms with Gasteiger partial charge in [-0.25, -0.2) is 0 Å². The number of nitrogens with zero attached hydrogens (tertiary/aromatic N) is 1. The van der Waals surface area contributed by atoms with E-state index in [-0.39, 0.29) is 12.2 Å². The van der Waals surface area contributed by atoms with Crippen LogP contribution >= 0.6 is 0 Å². The molecule has 1 heterocycles. The van der Waals surface area contributed by atoms with Gasteiger partial charge in [-0.1, -0.05) is 18.2 Å². The molecule has 1 saturated heterocycles. The van der Waals surface area contributed by atoms with Crippen molar-refractivity contribution in [3.63, 3.8) is 0 Å². The van der Waals surface area contributed by atoms with Crippen LogP contribution in [0.2, 0.25) is 0 Å². The van der Waals surface area contributed by atoms with Crippen LogP contribution in [0.25, 0.3) is 0 Å². The summed E-state index contributed by atoms with van der Waals surface area (Å²) in [6, 6.07) is 7.86. The predicted molar refractivity (Wildman–Crippen MR) is 79.1 cm³/mol. The molecular weight excluding hydrogens is 254 g/mol. The third kappa shape index (κ3) is 4.47. The summed E-state index contributed by atoms with van der Waals surface area (Å²) in [5.74, 6) is 0.843. The molecule has 20 heavy (non-hydrogen) atoms. The molecule has 3 atom stereocenters. The molecule has 4 heteroatoms. The van der Waals surface area contributed by atoms with Crippen molar-refractivity contribution in [2.45, 2.75) is 39.1 Å². The summed E-state index contributed by atoms with van der Waals surface area (Å²) in [7, 11) is 0. The first-order valence-corrected chi connectivity index (χ1v) is 7.29. The van der Waals surface area contributed by atoms with Crippen molar-refractivity contribution >= 4 is 0 Å². The minimum absolute atomic E-state index is 0.225. The number of aliphatic hydroxyl groups excluding tert-OH is 1. The number of hydrogen-bond acceptors (Lipinski definition) is 4. The number of β-amino-alcohol motifs (C(OH)–C–C–N with tert-alkyl or cyclic N) is 1. The molecule has 1 aliphatic heterocycles. The van der Waals surface area contributed by atoms with Crippen molar-refractivity contribution in [3.8, 4) is 5.75 Å². The highest BCUT2D eigenvalue weighted by Gasteiger charge is 2.23. The van der Waals surface area contributed by atoms with Gasteiger partial charge in [-0.2, -0.15) is 0 Å². The minimum Gasteiger partial charge on any atom is -0.491 e. The maximum atomic E-state index is 10.1. The smallest absolute Gasteiger partial charge is 0.122 e. The summed E-state index contributed by atoms with van der Waals surface area (Å²) in [5.41, 5.74) is 1.09. The molecular formula is C16H25NO3. The predicted octanol–water partition coefficient (Wildman–Crippen LogP) is 1.84. The van der Waals surface area contributed by atoms with Crippen LogP contribution in [0, 0.1) is 6.92 Å². The monoisotopic (exact) mass is 279 g/mol. The standard InChI is InChI=1S/C16H25NO3/c1-12-6-4-5-7-16(12)19-11-15(18)10-17-8-13(2)20-14(3)9-17/h4-7,13-15,18H,8-11H2,1-3H3/t13-,14-,15+/m0/s1. The lowest BCUT2D eigenvalue weighted by Gasteiger charge is -2.36. The summed E-state index contributed by atoms with van der Waals surface area (Å²) in [6.45, 7) is 8.83. The zero-order valence-corrected chi connectivity index (χ0v) is 12.6. The third-order valence-electron chi connectivity index (χ3n) is 3.49. The molecule has 0 aliphatic carbocycles. The van der Waals surface area contributed by atoms with E-state index in [2.05, 4.69) is 18.7 Å². The molecule has 1 aromatic carbocycles. The third-order valence-corrected chi connectivity index (χ3v) is 3.49. The SMILES string of the molecule is Cc1ccccc1OC[C@H](O)CN1C[C@H](C)O[C@@H](C)C1. The van der Waals surface area contributed by atoms with Gasteiger partial charge < -0.3 is 14.6 Å². The Kier molecular flexibility index (Phi) is 5.40. The van der Waals surface area contributed by atoms with Gasteiger partial charge in [-0.15, -0.1) is 0 Å². The maximum Gasteiger partial charge on any atom is 0.122 e. The Hall–Kier alpha value is -1.10. The summed E-state index contributed by atoms with van der Waals surface area (Å²) in [5, 5.41) is 10.1. The largest absolute Gasteiger partial charge is 0.491 e. The van der Waals surface area contributed by atoms with Crippen molar-refractivity contribution < 1.29 is 14.6 Å². The number of hydrogen-bond donors (Lipinski definition) is 1. The normalized spacial score (nSPS) is 25.4. The number of benzene rings is 1. The van der Waals surface area contributed by atoms with E-state index >= 15 is 0 Å². The Morgan fingerprint density at radius 3 is 2.60 bits per heavy atom. The van der Waals surface area contributed by atoms with Gasteiger partial charge in [0, 0.05) is 19.6 Å². The number of para-hydroxylation sites is 1. The summed E-state index contributed by atoms with van der Waals surface area (Å²) < 4.78 is 11.4. The molecule has 1 aliphatic rings. The lowest BCUT2D eigenvalue weighted by molar-refractivity contribution is -0.0786. The van der Waals surface area contributed by atoms with E-state index in [1.54, 1.807) is 0 Å². The molecule has 0 spiro atoms. The van der Waals surface area contributed by atoms with Crippen LogP contribution in [0.3, 0.4) is 0 Å². The van der Waals surface area contributed by atoms with Crippen LogP contribution < -0.4 is 4.74 Å². The Balaban J connectivity index is 1.78. The second-order valence-corrected chi connectivity index (χ2v) is 5.71. The summed E-state index contributed by atoms with van der Waals surface area (Å²) in [4.78, 5) is 2.24. The van der Waals surface area contributed by atoms with Crippen LogP contribution in [-0.2, 0) is 4.74 Å². The Labute approximate surface area is 121 Å². The van der Waals surface area contributed by atoms with E-state index < -0.39 is 6.10 Å². The fourth-order valence-corrected chi connectivity index (χ4v) is 2.69. The molecule has 0 aromatic heterocycles. The first kappa shape index (κ1) is 15.3. The number of ether oxygens (including phenoxy) is 2. The number of aliphatic hydroxyl groups is 1. The van der Waals surface area contributed by atoms with Gasteiger partial charge in [0.15, 0.2) is 0 Å². The molecule has 0 saturated carbocycles. The zero-order valence-electron chi connectivity index (χ0n) is 12.6. The molecule has 0 unspecified atom stereocenters. The lowest BCUT2D eigenvalue weighted by Crippen LogP contribution is -2.48. The van der Waals surface area contributed by atoms with E-state index in [4.69, 9.17) is 9.47 Å². The highest BCUT2D eigenvalue weighted by atomic mass is 16.5. The first-order valence-electron chi connectivity index (χ1n) is 7.29. The molecule has 1 aromatic rings. The Bertz CT molecular complexity index is 414. The molecule has 1 N–H and O–H groups in total. The first-order chi connectivity index (χ1) is 9.54. The minimum atomic E-state index is -0.480. The lowest BCUT2D eigenvalue weighted by atomic mass is 10.2. The van der Waals surface area contributed by atoms with Crippen LogP contribution in [-0.4, -0.2) is 54.6 Å². The van der Waals surface area contributed by atoms with Gasteiger partial charge in [-0.05, 0) is 32.4 Å². The fourth-order valence-electron chi connectivity index (χ4n) is 2.69. The topological polar surface area (TPSA) is 41.9 Å². The number of aryl methyl sites for hydroxylation is 1. The van der Waals surface area contributed by atoms with E-state index in [1.807, 2.05) is 31.2 Å². The molecule has 0 amide bonds. The van der Waals surface area contributed by atoms with Crippen LogP contribution in [0.15, 0.2) is 24.3 Å². The van der Waals surface area contributed by atoms with Gasteiger partial charge in [0.25, 0.3) is 0 Å². The van der Waals surface area contributed by atoms with Crippen molar-refractivity contribution in [3.05, 3.63) is 29.8 Å². The van der Waals surface area contributed by atoms with E-state index in [0.29, 0.717) is 13.2 Å².